The lowest BCUT2D eigenvalue weighted by atomic mass is 9.90. The minimum Gasteiger partial charge on any atom is -0.488 e. The van der Waals surface area contributed by atoms with Crippen LogP contribution >= 0.6 is 0 Å². The van der Waals surface area contributed by atoms with Crippen LogP contribution in [0.3, 0.4) is 0 Å². The van der Waals surface area contributed by atoms with E-state index < -0.39 is 5.97 Å². The maximum atomic E-state index is 11.1. The number of allylic oxidation sites excluding steroid dienone is 5. The van der Waals surface area contributed by atoms with Crippen LogP contribution in [0.15, 0.2) is 59.7 Å². The standard InChI is InChI=1S/C22H25NO3.C2H6/c1-23(2)12-6-9-19-18-8-5-3-4-7-17(18)15-26-21-11-10-16(13-20(19)21)14-22(24)25;1-2/h3,5,7-11,13H,4,6,12,14-15H2,1-2H3,(H,24,25);1-2H3/b19-9-;. The maximum absolute atomic E-state index is 11.1. The lowest BCUT2D eigenvalue weighted by Gasteiger charge is -2.14. The molecule has 0 spiro atoms. The smallest absolute Gasteiger partial charge is 0.307 e. The molecule has 0 aromatic heterocycles. The van der Waals surface area contributed by atoms with Crippen molar-refractivity contribution >= 4 is 11.5 Å². The fourth-order valence-electron chi connectivity index (χ4n) is 3.26. The van der Waals surface area contributed by atoms with E-state index in [0.717, 1.165) is 41.8 Å². The molecule has 1 aromatic carbocycles. The Labute approximate surface area is 168 Å². The summed E-state index contributed by atoms with van der Waals surface area (Å²) in [6.07, 6.45) is 12.6. The van der Waals surface area contributed by atoms with Crippen LogP contribution in [0.4, 0.5) is 0 Å². The molecule has 0 atom stereocenters. The highest BCUT2D eigenvalue weighted by atomic mass is 16.5. The average Bonchev–Trinajstić information content (AvgIpc) is 2.97. The Morgan fingerprint density at radius 2 is 2.07 bits per heavy atom. The van der Waals surface area contributed by atoms with Crippen molar-refractivity contribution < 1.29 is 14.6 Å². The van der Waals surface area contributed by atoms with Gasteiger partial charge in [-0.2, -0.15) is 0 Å². The Hall–Kier alpha value is -2.59. The first-order valence-electron chi connectivity index (χ1n) is 9.94. The molecule has 3 rings (SSSR count). The maximum Gasteiger partial charge on any atom is 0.307 e. The summed E-state index contributed by atoms with van der Waals surface area (Å²) in [6, 6.07) is 5.70. The summed E-state index contributed by atoms with van der Waals surface area (Å²) in [4.78, 5) is 13.3. The summed E-state index contributed by atoms with van der Waals surface area (Å²) in [7, 11) is 4.12. The molecule has 1 aromatic rings. The van der Waals surface area contributed by atoms with Gasteiger partial charge < -0.3 is 14.7 Å². The number of fused-ring (bicyclic) bond motifs is 2. The van der Waals surface area contributed by atoms with Gasteiger partial charge in [0.1, 0.15) is 12.4 Å². The van der Waals surface area contributed by atoms with Crippen molar-refractivity contribution in [3.05, 3.63) is 70.9 Å². The molecule has 0 bridgehead atoms. The molecule has 4 heteroatoms. The fraction of sp³-hybridized carbons (Fsp3) is 0.375. The van der Waals surface area contributed by atoms with Gasteiger partial charge in [-0.1, -0.05) is 50.3 Å². The highest BCUT2D eigenvalue weighted by Crippen LogP contribution is 2.39. The van der Waals surface area contributed by atoms with E-state index in [9.17, 15) is 4.79 Å². The zero-order valence-corrected chi connectivity index (χ0v) is 17.4. The van der Waals surface area contributed by atoms with Crippen LogP contribution in [-0.4, -0.2) is 43.2 Å². The summed E-state index contributed by atoms with van der Waals surface area (Å²) in [5.41, 5.74) is 5.25. The average molecular weight is 382 g/mol. The topological polar surface area (TPSA) is 49.8 Å². The van der Waals surface area contributed by atoms with E-state index in [2.05, 4.69) is 49.4 Å². The molecular weight excluding hydrogens is 350 g/mol. The zero-order chi connectivity index (χ0) is 20.5. The van der Waals surface area contributed by atoms with Crippen molar-refractivity contribution in [1.29, 1.82) is 0 Å². The van der Waals surface area contributed by atoms with Gasteiger partial charge >= 0.3 is 5.97 Å². The Morgan fingerprint density at radius 3 is 2.79 bits per heavy atom. The summed E-state index contributed by atoms with van der Waals surface area (Å²) < 4.78 is 6.06. The van der Waals surface area contributed by atoms with Gasteiger partial charge in [0, 0.05) is 12.1 Å². The predicted octanol–water partition coefficient (Wildman–Crippen LogP) is 4.88. The molecule has 1 N–H and O–H groups in total. The van der Waals surface area contributed by atoms with E-state index in [-0.39, 0.29) is 6.42 Å². The number of benzene rings is 1. The number of nitrogens with zero attached hydrogens (tertiary/aromatic N) is 1. The third-order valence-electron chi connectivity index (χ3n) is 4.53. The monoisotopic (exact) mass is 381 g/mol. The minimum absolute atomic E-state index is 0.0138. The molecule has 1 aliphatic heterocycles. The van der Waals surface area contributed by atoms with Gasteiger partial charge in [-0.3, -0.25) is 4.79 Å². The van der Waals surface area contributed by atoms with Crippen LogP contribution in [-0.2, 0) is 11.2 Å². The van der Waals surface area contributed by atoms with Crippen molar-refractivity contribution in [2.75, 3.05) is 27.2 Å². The van der Waals surface area contributed by atoms with Gasteiger partial charge in [0.15, 0.2) is 0 Å². The van der Waals surface area contributed by atoms with Crippen LogP contribution in [0.5, 0.6) is 5.75 Å². The number of carbonyl (C=O) groups is 1. The second kappa shape index (κ2) is 10.7. The number of hydrogen-bond acceptors (Lipinski definition) is 3. The van der Waals surface area contributed by atoms with Crippen molar-refractivity contribution in [1.82, 2.24) is 4.90 Å². The predicted molar refractivity (Wildman–Crippen MR) is 116 cm³/mol. The Kier molecular flexibility index (Phi) is 8.27. The molecule has 2 aliphatic rings. The van der Waals surface area contributed by atoms with Gasteiger partial charge in [0.05, 0.1) is 6.42 Å². The Bertz CT molecular complexity index is 813. The molecular formula is C24H31NO3. The van der Waals surface area contributed by atoms with E-state index in [1.807, 2.05) is 32.0 Å². The van der Waals surface area contributed by atoms with Gasteiger partial charge in [0.2, 0.25) is 0 Å². The second-order valence-corrected chi connectivity index (χ2v) is 6.87. The van der Waals surface area contributed by atoms with Crippen molar-refractivity contribution in [3.8, 4) is 5.75 Å². The number of carboxylic acids is 1. The number of aliphatic carboxylic acids is 1. The highest BCUT2D eigenvalue weighted by molar-refractivity contribution is 5.88. The van der Waals surface area contributed by atoms with Crippen LogP contribution in [0.1, 0.15) is 37.8 Å². The summed E-state index contributed by atoms with van der Waals surface area (Å²) in [5.74, 6) is -0.0103. The molecule has 0 fully saturated rings. The quantitative estimate of drug-likeness (QED) is 0.790. The summed E-state index contributed by atoms with van der Waals surface area (Å²) >= 11 is 0. The van der Waals surface area contributed by atoms with Crippen LogP contribution in [0.2, 0.25) is 0 Å². The third kappa shape index (κ3) is 5.70. The van der Waals surface area contributed by atoms with E-state index in [4.69, 9.17) is 9.84 Å². The first kappa shape index (κ1) is 21.7. The van der Waals surface area contributed by atoms with Crippen molar-refractivity contribution in [2.45, 2.75) is 33.1 Å². The largest absolute Gasteiger partial charge is 0.488 e. The number of ether oxygens (including phenoxy) is 1. The number of carboxylic acid groups (broad SMARTS) is 1. The summed E-state index contributed by atoms with van der Waals surface area (Å²) in [6.45, 7) is 5.49. The number of hydrogen-bond donors (Lipinski definition) is 1. The van der Waals surface area contributed by atoms with E-state index >= 15 is 0 Å². The van der Waals surface area contributed by atoms with Crippen LogP contribution in [0.25, 0.3) is 5.57 Å². The molecule has 4 nitrogen and oxygen atoms in total. The van der Waals surface area contributed by atoms with Crippen molar-refractivity contribution in [2.24, 2.45) is 0 Å². The first-order valence-corrected chi connectivity index (χ1v) is 9.94. The number of rotatable bonds is 5. The summed E-state index contributed by atoms with van der Waals surface area (Å²) in [5, 5.41) is 9.14. The lowest BCUT2D eigenvalue weighted by molar-refractivity contribution is -0.136. The highest BCUT2D eigenvalue weighted by Gasteiger charge is 2.22. The van der Waals surface area contributed by atoms with Crippen LogP contribution in [0, 0.1) is 0 Å². The van der Waals surface area contributed by atoms with Gasteiger partial charge in [-0.05, 0) is 61.4 Å². The van der Waals surface area contributed by atoms with Crippen molar-refractivity contribution in [3.63, 3.8) is 0 Å². The molecule has 1 aliphatic carbocycles. The molecule has 0 saturated carbocycles. The van der Waals surface area contributed by atoms with Gasteiger partial charge in [-0.25, -0.2) is 0 Å². The Morgan fingerprint density at radius 1 is 1.29 bits per heavy atom. The molecule has 0 radical (unpaired) electrons. The van der Waals surface area contributed by atoms with Gasteiger partial charge in [0.25, 0.3) is 0 Å². The molecule has 150 valence electrons. The first-order chi connectivity index (χ1) is 13.5. The Balaban J connectivity index is 0.00000136. The van der Waals surface area contributed by atoms with E-state index in [1.165, 1.54) is 11.1 Å². The zero-order valence-electron chi connectivity index (χ0n) is 17.4. The minimum atomic E-state index is -0.824. The molecule has 0 unspecified atom stereocenters. The molecule has 28 heavy (non-hydrogen) atoms. The molecule has 1 heterocycles. The van der Waals surface area contributed by atoms with E-state index in [1.54, 1.807) is 0 Å². The van der Waals surface area contributed by atoms with E-state index in [0.29, 0.717) is 6.61 Å². The SMILES string of the molecule is CC.CN(C)CC/C=C1/C2=CC=CCC=C2COc2ccc(CC(=O)O)cc21. The second-order valence-electron chi connectivity index (χ2n) is 6.87. The molecule has 0 saturated heterocycles. The fourth-order valence-corrected chi connectivity index (χ4v) is 3.26. The molecule has 0 amide bonds. The third-order valence-corrected chi connectivity index (χ3v) is 4.53. The van der Waals surface area contributed by atoms with Crippen LogP contribution < -0.4 is 4.74 Å². The lowest BCUT2D eigenvalue weighted by Crippen LogP contribution is -2.12. The van der Waals surface area contributed by atoms with Gasteiger partial charge in [-0.15, -0.1) is 0 Å². The normalized spacial score (nSPS) is 16.5.